The van der Waals surface area contributed by atoms with Crippen LogP contribution in [-0.4, -0.2) is 12.2 Å². The highest BCUT2D eigenvalue weighted by Gasteiger charge is 2.23. The van der Waals surface area contributed by atoms with Crippen LogP contribution in [0.1, 0.15) is 23.6 Å². The van der Waals surface area contributed by atoms with Crippen LogP contribution in [0.15, 0.2) is 18.2 Å². The Bertz CT molecular complexity index is 296. The summed E-state index contributed by atoms with van der Waals surface area (Å²) in [4.78, 5) is 0. The minimum atomic E-state index is 0.348. The predicted octanol–water partition coefficient (Wildman–Crippen LogP) is 1.60. The van der Waals surface area contributed by atoms with Gasteiger partial charge < -0.3 is 10.4 Å². The predicted molar refractivity (Wildman–Crippen MR) is 48.2 cm³/mol. The summed E-state index contributed by atoms with van der Waals surface area (Å²) >= 11 is 0. The van der Waals surface area contributed by atoms with E-state index in [0.29, 0.717) is 11.8 Å². The Morgan fingerprint density at radius 2 is 2.33 bits per heavy atom. The fourth-order valence-electron chi connectivity index (χ4n) is 1.95. The molecule has 0 fully saturated rings. The van der Waals surface area contributed by atoms with Gasteiger partial charge in [-0.3, -0.25) is 0 Å². The molecule has 1 atom stereocenters. The van der Waals surface area contributed by atoms with Gasteiger partial charge in [-0.15, -0.1) is 0 Å². The van der Waals surface area contributed by atoms with Crippen LogP contribution >= 0.6 is 0 Å². The Labute approximate surface area is 72.2 Å². The zero-order valence-corrected chi connectivity index (χ0v) is 7.17. The Morgan fingerprint density at radius 3 is 3.08 bits per heavy atom. The van der Waals surface area contributed by atoms with Crippen LogP contribution in [0.25, 0.3) is 0 Å². The second-order valence-electron chi connectivity index (χ2n) is 3.23. The van der Waals surface area contributed by atoms with E-state index in [0.717, 1.165) is 18.4 Å². The molecule has 0 heterocycles. The molecular weight excluding hydrogens is 150 g/mol. The first-order valence-electron chi connectivity index (χ1n) is 4.31. The highest BCUT2D eigenvalue weighted by atomic mass is 16.3. The van der Waals surface area contributed by atoms with Crippen molar-refractivity contribution in [3.63, 3.8) is 0 Å². The maximum atomic E-state index is 9.59. The Kier molecular flexibility index (Phi) is 1.77. The van der Waals surface area contributed by atoms with Gasteiger partial charge in [0.2, 0.25) is 0 Å². The van der Waals surface area contributed by atoms with Crippen molar-refractivity contribution in [2.75, 3.05) is 7.05 Å². The molecule has 0 amide bonds. The summed E-state index contributed by atoms with van der Waals surface area (Å²) in [6, 6.07) is 6.11. The summed E-state index contributed by atoms with van der Waals surface area (Å²) in [6.07, 6.45) is 2.18. The molecule has 0 radical (unpaired) electrons. The third-order valence-corrected chi connectivity index (χ3v) is 2.57. The van der Waals surface area contributed by atoms with Crippen LogP contribution in [0, 0.1) is 0 Å². The molecule has 1 aromatic carbocycles. The van der Waals surface area contributed by atoms with Crippen LogP contribution in [0.2, 0.25) is 0 Å². The number of aryl methyl sites for hydroxylation is 1. The molecule has 0 spiro atoms. The lowest BCUT2D eigenvalue weighted by atomic mass is 10.1. The standard InChI is InChI=1S/C10H13NO/c1-11-8-6-5-7-3-2-4-9(12)10(7)8/h2-4,8,11-12H,5-6H2,1H3/t8-/m0/s1. The number of aromatic hydroxyl groups is 1. The number of fused-ring (bicyclic) bond motifs is 1. The van der Waals surface area contributed by atoms with E-state index < -0.39 is 0 Å². The fraction of sp³-hybridized carbons (Fsp3) is 0.400. The molecule has 0 saturated heterocycles. The van der Waals surface area contributed by atoms with Crippen molar-refractivity contribution in [3.8, 4) is 5.75 Å². The number of phenols is 1. The normalized spacial score (nSPS) is 20.9. The van der Waals surface area contributed by atoms with Gasteiger partial charge in [0.05, 0.1) is 0 Å². The molecule has 2 rings (SSSR count). The summed E-state index contributed by atoms with van der Waals surface area (Å²) in [5.41, 5.74) is 2.38. The minimum Gasteiger partial charge on any atom is -0.508 e. The molecule has 12 heavy (non-hydrogen) atoms. The highest BCUT2D eigenvalue weighted by Crippen LogP contribution is 2.36. The molecule has 1 aliphatic rings. The molecule has 0 saturated carbocycles. The smallest absolute Gasteiger partial charge is 0.120 e. The van der Waals surface area contributed by atoms with E-state index >= 15 is 0 Å². The maximum Gasteiger partial charge on any atom is 0.120 e. The summed E-state index contributed by atoms with van der Waals surface area (Å²) in [5, 5.41) is 12.8. The zero-order chi connectivity index (χ0) is 8.55. The van der Waals surface area contributed by atoms with Crippen molar-refractivity contribution in [1.82, 2.24) is 5.32 Å². The van der Waals surface area contributed by atoms with E-state index in [4.69, 9.17) is 0 Å². The van der Waals surface area contributed by atoms with Crippen molar-refractivity contribution < 1.29 is 5.11 Å². The van der Waals surface area contributed by atoms with E-state index in [-0.39, 0.29) is 0 Å². The van der Waals surface area contributed by atoms with Gasteiger partial charge in [-0.25, -0.2) is 0 Å². The summed E-state index contributed by atoms with van der Waals surface area (Å²) in [5.74, 6) is 0.435. The SMILES string of the molecule is CN[C@H]1CCc2cccc(O)c21. The molecule has 2 heteroatoms. The molecule has 0 aliphatic heterocycles. The second kappa shape index (κ2) is 2.79. The molecule has 2 nitrogen and oxygen atoms in total. The maximum absolute atomic E-state index is 9.59. The van der Waals surface area contributed by atoms with E-state index in [9.17, 15) is 5.11 Å². The first kappa shape index (κ1) is 7.62. The minimum absolute atomic E-state index is 0.348. The van der Waals surface area contributed by atoms with Gasteiger partial charge in [-0.05, 0) is 31.5 Å². The van der Waals surface area contributed by atoms with Gasteiger partial charge >= 0.3 is 0 Å². The fourth-order valence-corrected chi connectivity index (χ4v) is 1.95. The van der Waals surface area contributed by atoms with Crippen LogP contribution in [0.4, 0.5) is 0 Å². The monoisotopic (exact) mass is 163 g/mol. The van der Waals surface area contributed by atoms with Crippen molar-refractivity contribution in [2.24, 2.45) is 0 Å². The molecule has 2 N–H and O–H groups in total. The number of hydrogen-bond acceptors (Lipinski definition) is 2. The number of nitrogens with one attached hydrogen (secondary N) is 1. The van der Waals surface area contributed by atoms with Crippen molar-refractivity contribution in [3.05, 3.63) is 29.3 Å². The number of hydrogen-bond donors (Lipinski definition) is 2. The van der Waals surface area contributed by atoms with Crippen molar-refractivity contribution in [1.29, 1.82) is 0 Å². The van der Waals surface area contributed by atoms with Crippen molar-refractivity contribution in [2.45, 2.75) is 18.9 Å². The van der Waals surface area contributed by atoms with Gasteiger partial charge in [0.15, 0.2) is 0 Å². The molecule has 1 aliphatic carbocycles. The third kappa shape index (κ3) is 0.994. The molecule has 0 bridgehead atoms. The Hall–Kier alpha value is -1.02. The van der Waals surface area contributed by atoms with Crippen LogP contribution in [-0.2, 0) is 6.42 Å². The lowest BCUT2D eigenvalue weighted by Crippen LogP contribution is -2.12. The first-order valence-corrected chi connectivity index (χ1v) is 4.31. The summed E-state index contributed by atoms with van der Waals surface area (Å²) in [7, 11) is 1.94. The van der Waals surface area contributed by atoms with Crippen LogP contribution in [0.5, 0.6) is 5.75 Å². The van der Waals surface area contributed by atoms with E-state index in [1.165, 1.54) is 5.56 Å². The summed E-state index contributed by atoms with van der Waals surface area (Å²) in [6.45, 7) is 0. The third-order valence-electron chi connectivity index (χ3n) is 2.57. The molecule has 0 aromatic heterocycles. The summed E-state index contributed by atoms with van der Waals surface area (Å²) < 4.78 is 0. The van der Waals surface area contributed by atoms with Gasteiger partial charge in [0.1, 0.15) is 5.75 Å². The Balaban J connectivity index is 2.48. The molecule has 1 aromatic rings. The molecule has 0 unspecified atom stereocenters. The van der Waals surface area contributed by atoms with Gasteiger partial charge in [-0.2, -0.15) is 0 Å². The average molecular weight is 163 g/mol. The number of benzene rings is 1. The van der Waals surface area contributed by atoms with E-state index in [1.54, 1.807) is 6.07 Å². The average Bonchev–Trinajstić information content (AvgIpc) is 2.49. The highest BCUT2D eigenvalue weighted by molar-refractivity contribution is 5.44. The second-order valence-corrected chi connectivity index (χ2v) is 3.23. The lowest BCUT2D eigenvalue weighted by molar-refractivity contribution is 0.456. The zero-order valence-electron chi connectivity index (χ0n) is 7.17. The van der Waals surface area contributed by atoms with Crippen LogP contribution < -0.4 is 5.32 Å². The van der Waals surface area contributed by atoms with Gasteiger partial charge in [-0.1, -0.05) is 12.1 Å². The van der Waals surface area contributed by atoms with Crippen LogP contribution in [0.3, 0.4) is 0 Å². The lowest BCUT2D eigenvalue weighted by Gasteiger charge is -2.10. The Morgan fingerprint density at radius 1 is 1.50 bits per heavy atom. The number of rotatable bonds is 1. The van der Waals surface area contributed by atoms with E-state index in [2.05, 4.69) is 11.4 Å². The molecular formula is C10H13NO. The number of phenolic OH excluding ortho intramolecular Hbond substituents is 1. The quantitative estimate of drug-likeness (QED) is 0.659. The topological polar surface area (TPSA) is 32.3 Å². The van der Waals surface area contributed by atoms with Gasteiger partial charge in [0, 0.05) is 11.6 Å². The van der Waals surface area contributed by atoms with Gasteiger partial charge in [0.25, 0.3) is 0 Å². The van der Waals surface area contributed by atoms with E-state index in [1.807, 2.05) is 13.1 Å². The van der Waals surface area contributed by atoms with Crippen molar-refractivity contribution >= 4 is 0 Å². The molecule has 64 valence electrons. The largest absolute Gasteiger partial charge is 0.508 e. The first-order chi connectivity index (χ1) is 5.83.